The molecule has 0 spiro atoms. The minimum atomic E-state index is -0.0356. The molecular weight excluding hydrogens is 275 g/mol. The molecule has 1 rings (SSSR count). The Morgan fingerprint density at radius 3 is 2.83 bits per heavy atom. The van der Waals surface area contributed by atoms with Crippen LogP contribution >= 0.6 is 23.2 Å². The largest absolute Gasteiger partial charge is 0.382 e. The molecule has 1 aromatic carbocycles. The summed E-state index contributed by atoms with van der Waals surface area (Å²) in [5.41, 5.74) is 3.10. The van der Waals surface area contributed by atoms with Crippen molar-refractivity contribution >= 4 is 34.8 Å². The number of hydrogen-bond acceptors (Lipinski definition) is 3. The van der Waals surface area contributed by atoms with Crippen molar-refractivity contribution in [1.82, 2.24) is 5.43 Å². The molecule has 0 saturated heterocycles. The molecule has 0 amide bonds. The van der Waals surface area contributed by atoms with Gasteiger partial charge < -0.3 is 10.1 Å². The van der Waals surface area contributed by atoms with E-state index in [1.165, 1.54) is 0 Å². The number of hydrogen-bond donors (Lipinski definition) is 3. The van der Waals surface area contributed by atoms with Crippen LogP contribution in [0.1, 0.15) is 6.92 Å². The van der Waals surface area contributed by atoms with E-state index in [0.717, 1.165) is 0 Å². The van der Waals surface area contributed by atoms with E-state index >= 15 is 0 Å². The van der Waals surface area contributed by atoms with Crippen LogP contribution in [-0.2, 0) is 4.74 Å². The highest BCUT2D eigenvalue weighted by atomic mass is 35.5. The molecule has 0 heterocycles. The number of benzene rings is 1. The van der Waals surface area contributed by atoms with E-state index in [4.69, 9.17) is 33.8 Å². The van der Waals surface area contributed by atoms with Crippen LogP contribution < -0.4 is 16.6 Å². The van der Waals surface area contributed by atoms with E-state index in [0.29, 0.717) is 28.3 Å². The summed E-state index contributed by atoms with van der Waals surface area (Å²) in [6.45, 7) is 2.40. The minimum absolute atomic E-state index is 0.0356. The third kappa shape index (κ3) is 4.34. The zero-order chi connectivity index (χ0) is 13.5. The van der Waals surface area contributed by atoms with Gasteiger partial charge in [-0.3, -0.25) is 5.43 Å². The van der Waals surface area contributed by atoms with Gasteiger partial charge in [0.2, 0.25) is 5.96 Å². The molecule has 0 fully saturated rings. The average molecular weight is 291 g/mol. The summed E-state index contributed by atoms with van der Waals surface area (Å²) in [6, 6.07) is 5.23. The third-order valence-corrected chi connectivity index (χ3v) is 2.92. The van der Waals surface area contributed by atoms with Crippen LogP contribution in [0.2, 0.25) is 10.0 Å². The second-order valence-corrected chi connectivity index (χ2v) is 4.44. The van der Waals surface area contributed by atoms with Crippen LogP contribution in [0.4, 0.5) is 5.69 Å². The van der Waals surface area contributed by atoms with Crippen LogP contribution in [0.3, 0.4) is 0 Å². The molecule has 18 heavy (non-hydrogen) atoms. The lowest BCUT2D eigenvalue weighted by Crippen LogP contribution is -2.37. The topological polar surface area (TPSA) is 71.7 Å². The van der Waals surface area contributed by atoms with Crippen LogP contribution in [0.5, 0.6) is 0 Å². The zero-order valence-electron chi connectivity index (χ0n) is 10.2. The number of hydrazine groups is 1. The van der Waals surface area contributed by atoms with Gasteiger partial charge in [-0.05, 0) is 19.1 Å². The quantitative estimate of drug-likeness (QED) is 0.344. The fourth-order valence-corrected chi connectivity index (χ4v) is 1.68. The van der Waals surface area contributed by atoms with E-state index in [1.54, 1.807) is 25.3 Å². The number of ether oxygens (including phenoxy) is 1. The predicted octanol–water partition coefficient (Wildman–Crippen LogP) is 2.26. The van der Waals surface area contributed by atoms with Crippen molar-refractivity contribution in [2.24, 2.45) is 10.8 Å². The van der Waals surface area contributed by atoms with Gasteiger partial charge in [0.15, 0.2) is 0 Å². The van der Waals surface area contributed by atoms with Crippen molar-refractivity contribution in [1.29, 1.82) is 0 Å². The summed E-state index contributed by atoms with van der Waals surface area (Å²) in [4.78, 5) is 4.29. The lowest BCUT2D eigenvalue weighted by Gasteiger charge is -2.13. The Morgan fingerprint density at radius 1 is 1.50 bits per heavy atom. The molecule has 1 atom stereocenters. The standard InChI is InChI=1S/C11H16Cl2N4O/c1-7(6-18-2)15-11(17-14)16-9-5-3-4-8(12)10(9)13/h3-5,7H,6,14H2,1-2H3,(H2,15,16,17). The van der Waals surface area contributed by atoms with E-state index in [9.17, 15) is 0 Å². The van der Waals surface area contributed by atoms with E-state index in [2.05, 4.69) is 15.7 Å². The third-order valence-electron chi connectivity index (χ3n) is 2.10. The first-order valence-corrected chi connectivity index (χ1v) is 6.08. The Bertz CT molecular complexity index is 426. The number of methoxy groups -OCH3 is 1. The Hall–Kier alpha value is -1.01. The first-order chi connectivity index (χ1) is 8.58. The van der Waals surface area contributed by atoms with Crippen LogP contribution in [0, 0.1) is 0 Å². The van der Waals surface area contributed by atoms with Crippen molar-refractivity contribution in [3.05, 3.63) is 28.2 Å². The number of nitrogens with two attached hydrogens (primary N) is 1. The summed E-state index contributed by atoms with van der Waals surface area (Å²) in [5.74, 6) is 5.79. The number of nitrogens with zero attached hydrogens (tertiary/aromatic N) is 1. The lowest BCUT2D eigenvalue weighted by molar-refractivity contribution is 0.185. The van der Waals surface area contributed by atoms with Gasteiger partial charge in [-0.1, -0.05) is 29.3 Å². The van der Waals surface area contributed by atoms with Crippen LogP contribution in [0.25, 0.3) is 0 Å². The molecule has 0 aliphatic rings. The Labute approximate surface area is 116 Å². The molecule has 100 valence electrons. The fraction of sp³-hybridized carbons (Fsp3) is 0.364. The van der Waals surface area contributed by atoms with Gasteiger partial charge in [0.25, 0.3) is 0 Å². The first-order valence-electron chi connectivity index (χ1n) is 5.32. The molecular formula is C11H16Cl2N4O. The van der Waals surface area contributed by atoms with E-state index in [-0.39, 0.29) is 6.04 Å². The number of nitrogens with one attached hydrogen (secondary N) is 2. The minimum Gasteiger partial charge on any atom is -0.382 e. The zero-order valence-corrected chi connectivity index (χ0v) is 11.7. The van der Waals surface area contributed by atoms with E-state index in [1.807, 2.05) is 6.92 Å². The maximum absolute atomic E-state index is 6.05. The van der Waals surface area contributed by atoms with Crippen molar-refractivity contribution in [2.75, 3.05) is 19.0 Å². The lowest BCUT2D eigenvalue weighted by atomic mass is 10.3. The summed E-state index contributed by atoms with van der Waals surface area (Å²) >= 11 is 12.0. The van der Waals surface area contributed by atoms with Crippen molar-refractivity contribution in [3.63, 3.8) is 0 Å². The van der Waals surface area contributed by atoms with Crippen molar-refractivity contribution < 1.29 is 4.74 Å². The first kappa shape index (κ1) is 15.0. The highest BCUT2D eigenvalue weighted by Crippen LogP contribution is 2.29. The van der Waals surface area contributed by atoms with E-state index < -0.39 is 0 Å². The number of guanidine groups is 1. The van der Waals surface area contributed by atoms with Gasteiger partial charge in [-0.25, -0.2) is 10.8 Å². The molecule has 0 bridgehead atoms. The monoisotopic (exact) mass is 290 g/mol. The van der Waals surface area contributed by atoms with Crippen molar-refractivity contribution in [2.45, 2.75) is 13.0 Å². The van der Waals surface area contributed by atoms with Crippen LogP contribution in [-0.4, -0.2) is 25.7 Å². The highest BCUT2D eigenvalue weighted by Gasteiger charge is 2.07. The smallest absolute Gasteiger partial charge is 0.210 e. The molecule has 7 heteroatoms. The molecule has 5 nitrogen and oxygen atoms in total. The highest BCUT2D eigenvalue weighted by molar-refractivity contribution is 6.44. The Kier molecular flexibility index (Phi) is 6.21. The average Bonchev–Trinajstić information content (AvgIpc) is 2.34. The summed E-state index contributed by atoms with van der Waals surface area (Å²) in [7, 11) is 1.61. The van der Waals surface area contributed by atoms with Gasteiger partial charge in [0, 0.05) is 7.11 Å². The molecule has 0 aliphatic carbocycles. The SMILES string of the molecule is COCC(C)N=C(NN)Nc1cccc(Cl)c1Cl. The fourth-order valence-electron chi connectivity index (χ4n) is 1.33. The Morgan fingerprint density at radius 2 is 2.22 bits per heavy atom. The normalized spacial score (nSPS) is 13.3. The summed E-state index contributed by atoms with van der Waals surface area (Å²) in [5, 5.41) is 3.85. The molecule has 0 aliphatic heterocycles. The maximum atomic E-state index is 6.05. The number of aliphatic imine (C=N–C) groups is 1. The maximum Gasteiger partial charge on any atom is 0.210 e. The van der Waals surface area contributed by atoms with Gasteiger partial charge in [0.1, 0.15) is 0 Å². The second-order valence-electron chi connectivity index (χ2n) is 3.65. The number of rotatable bonds is 4. The van der Waals surface area contributed by atoms with Crippen molar-refractivity contribution in [3.8, 4) is 0 Å². The molecule has 4 N–H and O–H groups in total. The molecule has 1 aromatic rings. The van der Waals surface area contributed by atoms with Gasteiger partial charge >= 0.3 is 0 Å². The molecule has 0 radical (unpaired) electrons. The molecule has 0 aromatic heterocycles. The summed E-state index contributed by atoms with van der Waals surface area (Å²) < 4.78 is 4.99. The van der Waals surface area contributed by atoms with Gasteiger partial charge in [0.05, 0.1) is 28.4 Å². The van der Waals surface area contributed by atoms with Crippen LogP contribution in [0.15, 0.2) is 23.2 Å². The number of halogens is 2. The Balaban J connectivity index is 2.83. The van der Waals surface area contributed by atoms with Gasteiger partial charge in [-0.2, -0.15) is 0 Å². The number of anilines is 1. The van der Waals surface area contributed by atoms with Gasteiger partial charge in [-0.15, -0.1) is 0 Å². The molecule has 1 unspecified atom stereocenters. The summed E-state index contributed by atoms with van der Waals surface area (Å²) in [6.07, 6.45) is 0. The molecule has 0 saturated carbocycles. The second kappa shape index (κ2) is 7.43. The predicted molar refractivity (Wildman–Crippen MR) is 76.2 cm³/mol.